The Labute approximate surface area is 146 Å². The minimum absolute atomic E-state index is 0.0436. The minimum atomic E-state index is -0.0436. The lowest BCUT2D eigenvalue weighted by molar-refractivity contribution is -0.150. The molecule has 2 heterocycles. The SMILES string of the molecule is COC(=O)C1CCC(OC(CN2CCCCC2)N2CCCC2)CC1. The smallest absolute Gasteiger partial charge is 0.308 e. The number of likely N-dealkylation sites (tertiary alicyclic amines) is 2. The van der Waals surface area contributed by atoms with E-state index in [9.17, 15) is 4.79 Å². The molecule has 0 aromatic rings. The maximum Gasteiger partial charge on any atom is 0.308 e. The van der Waals surface area contributed by atoms with E-state index in [4.69, 9.17) is 9.47 Å². The van der Waals surface area contributed by atoms with Gasteiger partial charge in [0.05, 0.1) is 19.1 Å². The second kappa shape index (κ2) is 9.16. The van der Waals surface area contributed by atoms with Crippen molar-refractivity contribution in [2.24, 2.45) is 5.92 Å². The first-order chi connectivity index (χ1) is 11.8. The summed E-state index contributed by atoms with van der Waals surface area (Å²) in [6.45, 7) is 5.86. The van der Waals surface area contributed by atoms with E-state index in [1.54, 1.807) is 0 Å². The van der Waals surface area contributed by atoms with Gasteiger partial charge in [0.15, 0.2) is 0 Å². The van der Waals surface area contributed by atoms with Crippen molar-refractivity contribution in [3.63, 3.8) is 0 Å². The van der Waals surface area contributed by atoms with Crippen molar-refractivity contribution in [3.05, 3.63) is 0 Å². The molecular formula is C19H34N2O3. The minimum Gasteiger partial charge on any atom is -0.469 e. The van der Waals surface area contributed by atoms with Crippen LogP contribution in [0.15, 0.2) is 0 Å². The number of methoxy groups -OCH3 is 1. The van der Waals surface area contributed by atoms with E-state index in [0.717, 1.165) is 32.2 Å². The van der Waals surface area contributed by atoms with Crippen LogP contribution in [0.5, 0.6) is 0 Å². The first-order valence-electron chi connectivity index (χ1n) is 9.96. The maximum atomic E-state index is 11.7. The van der Waals surface area contributed by atoms with Crippen molar-refractivity contribution in [2.75, 3.05) is 39.8 Å². The summed E-state index contributed by atoms with van der Waals surface area (Å²) in [7, 11) is 1.49. The third kappa shape index (κ3) is 4.93. The van der Waals surface area contributed by atoms with Gasteiger partial charge in [-0.05, 0) is 64.5 Å². The number of nitrogens with zero attached hydrogens (tertiary/aromatic N) is 2. The predicted molar refractivity (Wildman–Crippen MR) is 93.7 cm³/mol. The van der Waals surface area contributed by atoms with Crippen LogP contribution in [-0.4, -0.2) is 67.9 Å². The summed E-state index contributed by atoms with van der Waals surface area (Å²) in [4.78, 5) is 16.8. The van der Waals surface area contributed by atoms with Crippen LogP contribution in [0.1, 0.15) is 57.8 Å². The van der Waals surface area contributed by atoms with Gasteiger partial charge in [0.1, 0.15) is 6.23 Å². The van der Waals surface area contributed by atoms with E-state index >= 15 is 0 Å². The molecule has 2 aliphatic heterocycles. The summed E-state index contributed by atoms with van der Waals surface area (Å²) in [5.74, 6) is 0.0417. The van der Waals surface area contributed by atoms with Crippen LogP contribution in [-0.2, 0) is 14.3 Å². The molecule has 2 saturated heterocycles. The highest BCUT2D eigenvalue weighted by molar-refractivity contribution is 5.72. The van der Waals surface area contributed by atoms with Crippen LogP contribution in [0.4, 0.5) is 0 Å². The summed E-state index contributed by atoms with van der Waals surface area (Å²) >= 11 is 0. The van der Waals surface area contributed by atoms with Gasteiger partial charge in [0.25, 0.3) is 0 Å². The Kier molecular flexibility index (Phi) is 6.93. The Morgan fingerprint density at radius 1 is 0.958 bits per heavy atom. The number of hydrogen-bond donors (Lipinski definition) is 0. The number of esters is 1. The van der Waals surface area contributed by atoms with Crippen LogP contribution in [0.3, 0.4) is 0 Å². The lowest BCUT2D eigenvalue weighted by atomic mass is 9.87. The van der Waals surface area contributed by atoms with Gasteiger partial charge in [-0.2, -0.15) is 0 Å². The second-order valence-electron chi connectivity index (χ2n) is 7.69. The summed E-state index contributed by atoms with van der Waals surface area (Å²) in [6.07, 6.45) is 11.0. The van der Waals surface area contributed by atoms with Gasteiger partial charge < -0.3 is 9.47 Å². The van der Waals surface area contributed by atoms with E-state index < -0.39 is 0 Å². The van der Waals surface area contributed by atoms with Crippen LogP contribution >= 0.6 is 0 Å². The number of carbonyl (C=O) groups excluding carboxylic acids is 1. The first kappa shape index (κ1) is 18.2. The second-order valence-corrected chi connectivity index (χ2v) is 7.69. The number of piperidine rings is 1. The van der Waals surface area contributed by atoms with Gasteiger partial charge >= 0.3 is 5.97 Å². The maximum absolute atomic E-state index is 11.7. The van der Waals surface area contributed by atoms with E-state index in [0.29, 0.717) is 6.10 Å². The van der Waals surface area contributed by atoms with Gasteiger partial charge in [-0.3, -0.25) is 14.6 Å². The summed E-state index contributed by atoms with van der Waals surface area (Å²) < 4.78 is 11.5. The zero-order valence-electron chi connectivity index (χ0n) is 15.3. The fraction of sp³-hybridized carbons (Fsp3) is 0.947. The Balaban J connectivity index is 1.51. The molecule has 3 fully saturated rings. The molecule has 0 amide bonds. The third-order valence-electron chi connectivity index (χ3n) is 5.97. The summed E-state index contributed by atoms with van der Waals surface area (Å²) in [6, 6.07) is 0. The number of rotatable bonds is 6. The van der Waals surface area contributed by atoms with E-state index in [1.165, 1.54) is 65.4 Å². The van der Waals surface area contributed by atoms with Crippen molar-refractivity contribution in [1.82, 2.24) is 9.80 Å². The average Bonchev–Trinajstić information content (AvgIpc) is 3.17. The third-order valence-corrected chi connectivity index (χ3v) is 5.97. The zero-order chi connectivity index (χ0) is 16.8. The standard InChI is InChI=1S/C19H34N2O3/c1-23-19(22)16-7-9-17(10-8-16)24-18(21-13-5-6-14-21)15-20-11-3-2-4-12-20/h16-18H,2-15H2,1H3. The molecule has 1 saturated carbocycles. The monoisotopic (exact) mass is 338 g/mol. The van der Waals surface area contributed by atoms with Crippen molar-refractivity contribution < 1.29 is 14.3 Å². The normalized spacial score (nSPS) is 31.0. The molecule has 3 rings (SSSR count). The van der Waals surface area contributed by atoms with Crippen LogP contribution in [0.25, 0.3) is 0 Å². The molecular weight excluding hydrogens is 304 g/mol. The molecule has 3 aliphatic rings. The van der Waals surface area contributed by atoms with E-state index in [1.807, 2.05) is 0 Å². The Morgan fingerprint density at radius 2 is 1.58 bits per heavy atom. The van der Waals surface area contributed by atoms with Crippen molar-refractivity contribution in [1.29, 1.82) is 0 Å². The highest BCUT2D eigenvalue weighted by Gasteiger charge is 2.32. The van der Waals surface area contributed by atoms with Crippen LogP contribution in [0, 0.1) is 5.92 Å². The highest BCUT2D eigenvalue weighted by Crippen LogP contribution is 2.29. The number of ether oxygens (including phenoxy) is 2. The molecule has 0 radical (unpaired) electrons. The molecule has 5 nitrogen and oxygen atoms in total. The molecule has 1 aliphatic carbocycles. The van der Waals surface area contributed by atoms with Crippen molar-refractivity contribution in [3.8, 4) is 0 Å². The Bertz CT molecular complexity index is 384. The molecule has 1 unspecified atom stereocenters. The first-order valence-corrected chi connectivity index (χ1v) is 9.96. The highest BCUT2D eigenvalue weighted by atomic mass is 16.5. The summed E-state index contributed by atoms with van der Waals surface area (Å²) in [5.41, 5.74) is 0. The van der Waals surface area contributed by atoms with Gasteiger partial charge in [-0.15, -0.1) is 0 Å². The molecule has 0 N–H and O–H groups in total. The average molecular weight is 338 g/mol. The van der Waals surface area contributed by atoms with Gasteiger partial charge in [-0.1, -0.05) is 6.42 Å². The predicted octanol–water partition coefficient (Wildman–Crippen LogP) is 2.64. The largest absolute Gasteiger partial charge is 0.469 e. The molecule has 0 spiro atoms. The lowest BCUT2D eigenvalue weighted by Gasteiger charge is -2.38. The molecule has 138 valence electrons. The Hall–Kier alpha value is -0.650. The summed E-state index contributed by atoms with van der Waals surface area (Å²) in [5, 5.41) is 0. The number of carbonyl (C=O) groups is 1. The van der Waals surface area contributed by atoms with E-state index in [-0.39, 0.29) is 18.1 Å². The van der Waals surface area contributed by atoms with Gasteiger partial charge in [0, 0.05) is 19.6 Å². The molecule has 24 heavy (non-hydrogen) atoms. The van der Waals surface area contributed by atoms with E-state index in [2.05, 4.69) is 9.80 Å². The quantitative estimate of drug-likeness (QED) is 0.697. The topological polar surface area (TPSA) is 42.0 Å². The molecule has 0 bridgehead atoms. The van der Waals surface area contributed by atoms with Crippen molar-refractivity contribution >= 4 is 5.97 Å². The molecule has 0 aromatic heterocycles. The van der Waals surface area contributed by atoms with Crippen molar-refractivity contribution in [2.45, 2.75) is 70.1 Å². The zero-order valence-corrected chi connectivity index (χ0v) is 15.3. The molecule has 5 heteroatoms. The molecule has 0 aromatic carbocycles. The van der Waals surface area contributed by atoms with Gasteiger partial charge in [-0.25, -0.2) is 0 Å². The van der Waals surface area contributed by atoms with Crippen LogP contribution in [0.2, 0.25) is 0 Å². The Morgan fingerprint density at radius 3 is 2.21 bits per heavy atom. The molecule has 1 atom stereocenters. The number of hydrogen-bond acceptors (Lipinski definition) is 5. The van der Waals surface area contributed by atoms with Gasteiger partial charge in [0.2, 0.25) is 0 Å². The lowest BCUT2D eigenvalue weighted by Crippen LogP contribution is -2.47. The van der Waals surface area contributed by atoms with Crippen LogP contribution < -0.4 is 0 Å². The fourth-order valence-corrected chi connectivity index (χ4v) is 4.46. The fourth-order valence-electron chi connectivity index (χ4n) is 4.46.